The Kier molecular flexibility index (Phi) is 10.6. The normalized spacial score (nSPS) is 11.1. The van der Waals surface area contributed by atoms with E-state index in [2.05, 4.69) is 30.1 Å². The van der Waals surface area contributed by atoms with Crippen molar-refractivity contribution in [2.45, 2.75) is 10.3 Å². The number of benzene rings is 3. The second kappa shape index (κ2) is 15.1. The molecule has 0 unspecified atom stereocenters. The maximum atomic E-state index is 13.3. The minimum Gasteiger partial charge on any atom is -0.410 e. The van der Waals surface area contributed by atoms with Crippen LogP contribution in [0.5, 0.6) is 0 Å². The Balaban J connectivity index is 0.000000188. The predicted molar refractivity (Wildman–Crippen MR) is 175 cm³/mol. The van der Waals surface area contributed by atoms with Crippen LogP contribution in [0.1, 0.15) is 16.1 Å². The average Bonchev–Trinajstić information content (AvgIpc) is 3.56. The van der Waals surface area contributed by atoms with Gasteiger partial charge in [-0.3, -0.25) is 4.79 Å². The van der Waals surface area contributed by atoms with Gasteiger partial charge in [0.25, 0.3) is 0 Å². The number of aromatic nitrogens is 6. The van der Waals surface area contributed by atoms with Crippen LogP contribution in [-0.4, -0.2) is 59.1 Å². The van der Waals surface area contributed by atoms with Crippen LogP contribution in [-0.2, 0) is 0 Å². The van der Waals surface area contributed by atoms with Gasteiger partial charge in [-0.15, -0.1) is 0 Å². The molecule has 9 nitrogen and oxygen atoms in total. The Morgan fingerprint density at radius 3 is 1.98 bits per heavy atom. The fourth-order valence-corrected chi connectivity index (χ4v) is 4.92. The largest absolute Gasteiger partial charge is 0.410 e. The summed E-state index contributed by atoms with van der Waals surface area (Å²) in [6.45, 7) is 0. The second-order valence-corrected chi connectivity index (χ2v) is 10.9. The number of nitrogens with zero attached hydrogens (tertiary/aromatic N) is 6. The third-order valence-corrected chi connectivity index (χ3v) is 7.54. The van der Waals surface area contributed by atoms with Crippen molar-refractivity contribution < 1.29 is 18.8 Å². The zero-order valence-electron chi connectivity index (χ0n) is 24.4. The molecule has 0 radical (unpaired) electrons. The third-order valence-electron chi connectivity index (χ3n) is 6.42. The van der Waals surface area contributed by atoms with Gasteiger partial charge in [-0.25, -0.2) is 33.7 Å². The molecule has 0 fully saturated rings. The quantitative estimate of drug-likeness (QED) is 0.0429. The second-order valence-electron chi connectivity index (χ2n) is 9.32. The van der Waals surface area contributed by atoms with Gasteiger partial charge >= 0.3 is 0 Å². The number of carbonyl (C=O) groups excluding carboxylic acids is 1. The monoisotopic (exact) mass is 653 g/mol. The van der Waals surface area contributed by atoms with Crippen LogP contribution in [0.2, 0.25) is 0 Å². The van der Waals surface area contributed by atoms with E-state index in [4.69, 9.17) is 10.2 Å². The summed E-state index contributed by atoms with van der Waals surface area (Å²) < 4.78 is 26.2. The highest BCUT2D eigenvalue weighted by Crippen LogP contribution is 2.32. The van der Waals surface area contributed by atoms with E-state index in [1.165, 1.54) is 60.1 Å². The molecule has 0 atom stereocenters. The molecule has 0 saturated heterocycles. The molecular weight excluding hydrogens is 629 g/mol. The summed E-state index contributed by atoms with van der Waals surface area (Å²) in [5.41, 5.74) is 4.27. The van der Waals surface area contributed by atoms with E-state index in [0.29, 0.717) is 10.3 Å². The van der Waals surface area contributed by atoms with Gasteiger partial charge in [-0.1, -0.05) is 59.0 Å². The number of hydrogen-bond acceptors (Lipinski definition) is 10. The molecule has 230 valence electrons. The summed E-state index contributed by atoms with van der Waals surface area (Å²) in [7, 11) is 0. The van der Waals surface area contributed by atoms with Gasteiger partial charge in [-0.2, -0.15) is 0 Å². The van der Waals surface area contributed by atoms with E-state index in [1.54, 1.807) is 24.6 Å². The number of hydrogen-bond donors (Lipinski definition) is 2. The van der Waals surface area contributed by atoms with E-state index in [0.717, 1.165) is 46.2 Å². The van der Waals surface area contributed by atoms with Crippen LogP contribution in [0.3, 0.4) is 0 Å². The number of thioether (sulfide) groups is 2. The summed E-state index contributed by atoms with van der Waals surface area (Å²) in [4.78, 5) is 37.2. The molecule has 3 aromatic heterocycles. The minimum absolute atomic E-state index is 0.209. The first kappa shape index (κ1) is 32.1. The number of rotatable bonds is 8. The number of carbonyl (C=O) groups is 1. The average molecular weight is 654 g/mol. The van der Waals surface area contributed by atoms with Crippen LogP contribution < -0.4 is 0 Å². The molecule has 2 N–H and O–H groups in total. The molecule has 0 spiro atoms. The van der Waals surface area contributed by atoms with E-state index in [1.807, 2.05) is 42.7 Å². The SMILES string of the molecule is CSc1nccc(-c2[nH]c(-c3ccccc3)nc2-c2ccc(F)cc2)n1.CSc1nccc(/C(=N/O)C(=O)c2ccc(F)cc2)n1. The van der Waals surface area contributed by atoms with E-state index in [-0.39, 0.29) is 22.8 Å². The van der Waals surface area contributed by atoms with E-state index in [9.17, 15) is 13.6 Å². The van der Waals surface area contributed by atoms with Gasteiger partial charge in [0.05, 0.1) is 17.1 Å². The van der Waals surface area contributed by atoms with Crippen molar-refractivity contribution in [3.05, 3.63) is 126 Å². The lowest BCUT2D eigenvalue weighted by Gasteiger charge is -2.04. The molecule has 0 amide bonds. The first-order chi connectivity index (χ1) is 22.4. The van der Waals surface area contributed by atoms with Gasteiger partial charge in [0.2, 0.25) is 5.78 Å². The van der Waals surface area contributed by atoms with E-state index < -0.39 is 11.6 Å². The standard InChI is InChI=1S/C20H15FN4S.C13H10FN3O2S/c1-26-20-22-12-11-16(23-20)18-17(13-7-9-15(21)10-8-13)24-19(25-18)14-5-3-2-4-6-14;1-20-13-15-7-6-10(16-13)11(17-19)12(18)8-2-4-9(14)5-3-8/h2-12H,1H3,(H,24,25);2-7,19H,1H3/b;17-11-. The van der Waals surface area contributed by atoms with Crippen molar-refractivity contribution in [3.8, 4) is 34.0 Å². The Bertz CT molecular complexity index is 1970. The van der Waals surface area contributed by atoms with Crippen molar-refractivity contribution in [1.82, 2.24) is 29.9 Å². The zero-order valence-corrected chi connectivity index (χ0v) is 26.1. The fraction of sp³-hybridized carbons (Fsp3) is 0.0606. The molecule has 6 rings (SSSR count). The van der Waals surface area contributed by atoms with Crippen LogP contribution in [0.4, 0.5) is 8.78 Å². The summed E-state index contributed by atoms with van der Waals surface area (Å²) in [5, 5.41) is 13.2. The molecule has 6 aromatic rings. The van der Waals surface area contributed by atoms with Gasteiger partial charge in [0.1, 0.15) is 23.2 Å². The van der Waals surface area contributed by atoms with Crippen molar-refractivity contribution in [2.75, 3.05) is 12.5 Å². The Morgan fingerprint density at radius 1 is 0.739 bits per heavy atom. The maximum absolute atomic E-state index is 13.3. The lowest BCUT2D eigenvalue weighted by Crippen LogP contribution is -2.18. The van der Waals surface area contributed by atoms with Crippen molar-refractivity contribution in [2.24, 2.45) is 5.16 Å². The third kappa shape index (κ3) is 7.68. The lowest BCUT2D eigenvalue weighted by atomic mass is 10.0. The highest BCUT2D eigenvalue weighted by molar-refractivity contribution is 7.98. The number of oxime groups is 1. The molecule has 46 heavy (non-hydrogen) atoms. The predicted octanol–water partition coefficient (Wildman–Crippen LogP) is 7.46. The van der Waals surface area contributed by atoms with Gasteiger partial charge in [-0.05, 0) is 73.2 Å². The number of aromatic amines is 1. The number of imidazole rings is 1. The first-order valence-corrected chi connectivity index (χ1v) is 16.0. The molecule has 0 bridgehead atoms. The molecular formula is C33H25F2N7O2S2. The topological polar surface area (TPSA) is 130 Å². The molecule has 3 aromatic carbocycles. The van der Waals surface area contributed by atoms with Crippen molar-refractivity contribution in [1.29, 1.82) is 0 Å². The van der Waals surface area contributed by atoms with Crippen molar-refractivity contribution in [3.63, 3.8) is 0 Å². The number of Topliss-reactive ketones (excluding diaryl/α,β-unsaturated/α-hetero) is 1. The van der Waals surface area contributed by atoms with Gasteiger partial charge < -0.3 is 10.2 Å². The summed E-state index contributed by atoms with van der Waals surface area (Å²) in [5.74, 6) is -0.529. The molecule has 0 aliphatic heterocycles. The minimum atomic E-state index is -0.543. The molecule has 0 saturated carbocycles. The first-order valence-electron chi connectivity index (χ1n) is 13.6. The Hall–Kier alpha value is -5.27. The fourth-order valence-electron chi connectivity index (χ4n) is 4.21. The summed E-state index contributed by atoms with van der Waals surface area (Å²) >= 11 is 2.78. The van der Waals surface area contributed by atoms with Gasteiger partial charge in [0, 0.05) is 29.1 Å². The number of halogens is 2. The van der Waals surface area contributed by atoms with Crippen LogP contribution in [0, 0.1) is 11.6 Å². The number of H-pyrrole nitrogens is 1. The zero-order chi connectivity index (χ0) is 32.5. The highest BCUT2D eigenvalue weighted by Gasteiger charge is 2.19. The number of ketones is 1. The Labute approximate surface area is 271 Å². The van der Waals surface area contributed by atoms with Crippen LogP contribution in [0.15, 0.2) is 119 Å². The lowest BCUT2D eigenvalue weighted by molar-refractivity contribution is 0.106. The molecule has 3 heterocycles. The Morgan fingerprint density at radius 2 is 1.35 bits per heavy atom. The highest BCUT2D eigenvalue weighted by atomic mass is 32.2. The van der Waals surface area contributed by atoms with Crippen molar-refractivity contribution >= 4 is 35.0 Å². The van der Waals surface area contributed by atoms with Gasteiger partial charge in [0.15, 0.2) is 16.0 Å². The summed E-state index contributed by atoms with van der Waals surface area (Å²) in [6, 6.07) is 24.5. The maximum Gasteiger partial charge on any atom is 0.216 e. The summed E-state index contributed by atoms with van der Waals surface area (Å²) in [6.07, 6.45) is 6.92. The van der Waals surface area contributed by atoms with Crippen LogP contribution in [0.25, 0.3) is 34.0 Å². The smallest absolute Gasteiger partial charge is 0.216 e. The van der Waals surface area contributed by atoms with Crippen LogP contribution >= 0.6 is 23.5 Å². The molecule has 0 aliphatic carbocycles. The number of nitrogens with one attached hydrogen (secondary N) is 1. The molecule has 0 aliphatic rings. The van der Waals surface area contributed by atoms with E-state index >= 15 is 0 Å². The molecule has 13 heteroatoms.